The normalized spacial score (nSPS) is 37.5. The first-order valence-corrected chi connectivity index (χ1v) is 9.74. The second-order valence-electron chi connectivity index (χ2n) is 8.66. The number of likely N-dealkylation sites (tertiary alicyclic amines) is 1. The van der Waals surface area contributed by atoms with Crippen LogP contribution in [-0.2, 0) is 16.1 Å². The molecule has 2 aliphatic heterocycles. The van der Waals surface area contributed by atoms with Crippen LogP contribution in [0.15, 0.2) is 23.0 Å². The van der Waals surface area contributed by atoms with E-state index < -0.39 is 11.9 Å². The standard InChI is InChI=1S/C20H24N2O4/c23-16-3-1-2-15-14-6-11(9-22(15)16)8-21(10-14)19(24)17-12-4-5-13(7-12)18(17)20(25)26/h1-3,11-14,17-18H,4-10H2,(H,25,26)/t11-,12+,13+,14+,17-,18+/m1/s1. The van der Waals surface area contributed by atoms with Crippen molar-refractivity contribution in [1.82, 2.24) is 9.47 Å². The number of carbonyl (C=O) groups excluding carboxylic acids is 1. The van der Waals surface area contributed by atoms with E-state index in [1.807, 2.05) is 15.5 Å². The van der Waals surface area contributed by atoms with Crippen molar-refractivity contribution in [3.05, 3.63) is 34.2 Å². The Balaban J connectivity index is 1.41. The second-order valence-corrected chi connectivity index (χ2v) is 8.66. The maximum atomic E-state index is 13.3. The average molecular weight is 356 g/mol. The molecule has 1 saturated heterocycles. The first-order valence-electron chi connectivity index (χ1n) is 9.74. The quantitative estimate of drug-likeness (QED) is 0.872. The first-order chi connectivity index (χ1) is 12.5. The highest BCUT2D eigenvalue weighted by atomic mass is 16.4. The van der Waals surface area contributed by atoms with Crippen LogP contribution in [-0.4, -0.2) is 39.5 Å². The summed E-state index contributed by atoms with van der Waals surface area (Å²) < 4.78 is 1.86. The molecule has 5 rings (SSSR count). The summed E-state index contributed by atoms with van der Waals surface area (Å²) in [5, 5.41) is 9.67. The molecule has 6 atom stereocenters. The van der Waals surface area contributed by atoms with Gasteiger partial charge in [0.2, 0.25) is 5.91 Å². The summed E-state index contributed by atoms with van der Waals surface area (Å²) in [5.74, 6) is -0.716. The molecule has 3 heterocycles. The van der Waals surface area contributed by atoms with Gasteiger partial charge in [-0.3, -0.25) is 14.4 Å². The minimum atomic E-state index is -0.801. The zero-order chi connectivity index (χ0) is 18.0. The molecule has 0 aromatic carbocycles. The van der Waals surface area contributed by atoms with Gasteiger partial charge in [0.15, 0.2) is 0 Å². The molecule has 6 nitrogen and oxygen atoms in total. The third kappa shape index (κ3) is 2.27. The lowest BCUT2D eigenvalue weighted by molar-refractivity contribution is -0.154. The van der Waals surface area contributed by atoms with Gasteiger partial charge in [0.25, 0.3) is 5.56 Å². The van der Waals surface area contributed by atoms with Crippen LogP contribution < -0.4 is 5.56 Å². The SMILES string of the molecule is O=C(O)[C@H]1[C@H]2CC[C@@H](C2)[C@H]1C(=O)N1C[C@H]2C[C@@H](C1)c1cccc(=O)n1C2. The van der Waals surface area contributed by atoms with Gasteiger partial charge in [-0.2, -0.15) is 0 Å². The van der Waals surface area contributed by atoms with Crippen LogP contribution >= 0.6 is 0 Å². The third-order valence-electron chi connectivity index (χ3n) is 7.28. The predicted molar refractivity (Wildman–Crippen MR) is 93.6 cm³/mol. The van der Waals surface area contributed by atoms with Gasteiger partial charge in [0, 0.05) is 37.3 Å². The number of hydrogen-bond donors (Lipinski definition) is 1. The summed E-state index contributed by atoms with van der Waals surface area (Å²) in [6.07, 6.45) is 3.84. The van der Waals surface area contributed by atoms with Crippen LogP contribution in [0.4, 0.5) is 0 Å². The van der Waals surface area contributed by atoms with Crippen molar-refractivity contribution in [2.75, 3.05) is 13.1 Å². The number of carboxylic acid groups (broad SMARTS) is 1. The Morgan fingerprint density at radius 3 is 2.54 bits per heavy atom. The lowest BCUT2D eigenvalue weighted by Crippen LogP contribution is -2.52. The van der Waals surface area contributed by atoms with Gasteiger partial charge < -0.3 is 14.6 Å². The number of rotatable bonds is 2. The van der Waals surface area contributed by atoms with Crippen LogP contribution in [0.2, 0.25) is 0 Å². The highest BCUT2D eigenvalue weighted by Gasteiger charge is 2.55. The van der Waals surface area contributed by atoms with E-state index in [-0.39, 0.29) is 41.1 Å². The number of amides is 1. The molecule has 26 heavy (non-hydrogen) atoms. The Labute approximate surface area is 151 Å². The molecule has 1 amide bonds. The van der Waals surface area contributed by atoms with Crippen LogP contribution in [0.3, 0.4) is 0 Å². The van der Waals surface area contributed by atoms with E-state index in [0.717, 1.165) is 31.4 Å². The van der Waals surface area contributed by atoms with Crippen LogP contribution in [0.1, 0.15) is 37.3 Å². The number of piperidine rings is 1. The molecule has 6 heteroatoms. The number of carboxylic acids is 1. The van der Waals surface area contributed by atoms with Gasteiger partial charge in [-0.05, 0) is 49.5 Å². The van der Waals surface area contributed by atoms with Crippen molar-refractivity contribution in [3.8, 4) is 0 Å². The third-order valence-corrected chi connectivity index (χ3v) is 7.28. The number of hydrogen-bond acceptors (Lipinski definition) is 3. The van der Waals surface area contributed by atoms with Gasteiger partial charge in [0.1, 0.15) is 0 Å². The Kier molecular flexibility index (Phi) is 3.52. The van der Waals surface area contributed by atoms with Crippen LogP contribution in [0.5, 0.6) is 0 Å². The molecular weight excluding hydrogens is 332 g/mol. The Hall–Kier alpha value is -2.11. The molecule has 2 aliphatic carbocycles. The highest BCUT2D eigenvalue weighted by Crippen LogP contribution is 2.53. The summed E-state index contributed by atoms with van der Waals surface area (Å²) in [6.45, 7) is 1.92. The van der Waals surface area contributed by atoms with E-state index in [1.54, 1.807) is 12.1 Å². The highest BCUT2D eigenvalue weighted by molar-refractivity contribution is 5.86. The van der Waals surface area contributed by atoms with Crippen molar-refractivity contribution in [3.63, 3.8) is 0 Å². The van der Waals surface area contributed by atoms with Gasteiger partial charge in [-0.1, -0.05) is 6.07 Å². The molecule has 138 valence electrons. The van der Waals surface area contributed by atoms with E-state index in [0.29, 0.717) is 19.6 Å². The van der Waals surface area contributed by atoms with E-state index in [2.05, 4.69) is 0 Å². The van der Waals surface area contributed by atoms with Gasteiger partial charge in [-0.15, -0.1) is 0 Å². The van der Waals surface area contributed by atoms with Crippen LogP contribution in [0, 0.1) is 29.6 Å². The molecule has 2 saturated carbocycles. The number of fused-ring (bicyclic) bond motifs is 6. The Morgan fingerprint density at radius 2 is 1.77 bits per heavy atom. The molecule has 0 radical (unpaired) electrons. The molecule has 0 unspecified atom stereocenters. The smallest absolute Gasteiger partial charge is 0.307 e. The molecule has 1 aromatic rings. The second kappa shape index (κ2) is 5.69. The molecule has 4 bridgehead atoms. The fourth-order valence-electron chi connectivity index (χ4n) is 6.29. The molecule has 4 aliphatic rings. The van der Waals surface area contributed by atoms with Gasteiger partial charge in [0.05, 0.1) is 11.8 Å². The minimum absolute atomic E-state index is 0.0380. The van der Waals surface area contributed by atoms with Gasteiger partial charge >= 0.3 is 5.97 Å². The summed E-state index contributed by atoms with van der Waals surface area (Å²) in [4.78, 5) is 39.1. The minimum Gasteiger partial charge on any atom is -0.481 e. The topological polar surface area (TPSA) is 79.6 Å². The van der Waals surface area contributed by atoms with Crippen molar-refractivity contribution in [2.24, 2.45) is 29.6 Å². The van der Waals surface area contributed by atoms with Crippen molar-refractivity contribution < 1.29 is 14.7 Å². The fourth-order valence-corrected chi connectivity index (χ4v) is 6.29. The first kappa shape index (κ1) is 16.1. The number of aliphatic carboxylic acids is 1. The van der Waals surface area contributed by atoms with E-state index in [1.165, 1.54) is 0 Å². The van der Waals surface area contributed by atoms with Crippen molar-refractivity contribution in [2.45, 2.75) is 38.1 Å². The summed E-state index contributed by atoms with van der Waals surface area (Å²) >= 11 is 0. The van der Waals surface area contributed by atoms with E-state index in [9.17, 15) is 19.5 Å². The summed E-state index contributed by atoms with van der Waals surface area (Å²) in [6, 6.07) is 5.39. The zero-order valence-electron chi connectivity index (χ0n) is 14.7. The zero-order valence-corrected chi connectivity index (χ0v) is 14.7. The van der Waals surface area contributed by atoms with E-state index >= 15 is 0 Å². The Morgan fingerprint density at radius 1 is 1.00 bits per heavy atom. The molecule has 1 N–H and O–H groups in total. The lowest BCUT2D eigenvalue weighted by atomic mass is 9.77. The number of nitrogens with zero attached hydrogens (tertiary/aromatic N) is 2. The lowest BCUT2D eigenvalue weighted by Gasteiger charge is -2.44. The fraction of sp³-hybridized carbons (Fsp3) is 0.650. The van der Waals surface area contributed by atoms with Gasteiger partial charge in [-0.25, -0.2) is 0 Å². The van der Waals surface area contributed by atoms with Crippen LogP contribution in [0.25, 0.3) is 0 Å². The average Bonchev–Trinajstić information content (AvgIpc) is 3.23. The molecular formula is C20H24N2O4. The predicted octanol–water partition coefficient (Wildman–Crippen LogP) is 1.54. The number of pyridine rings is 1. The van der Waals surface area contributed by atoms with Crippen molar-refractivity contribution in [1.29, 1.82) is 0 Å². The monoisotopic (exact) mass is 356 g/mol. The molecule has 1 aromatic heterocycles. The van der Waals surface area contributed by atoms with Crippen molar-refractivity contribution >= 4 is 11.9 Å². The number of aromatic nitrogens is 1. The summed E-state index contributed by atoms with van der Waals surface area (Å²) in [7, 11) is 0. The molecule has 3 fully saturated rings. The largest absolute Gasteiger partial charge is 0.481 e. The maximum absolute atomic E-state index is 13.3. The maximum Gasteiger partial charge on any atom is 0.307 e. The summed E-state index contributed by atoms with van der Waals surface area (Å²) in [5.41, 5.74) is 1.06. The Bertz CT molecular complexity index is 831. The van der Waals surface area contributed by atoms with E-state index in [4.69, 9.17) is 0 Å². The molecule has 0 spiro atoms. The number of carbonyl (C=O) groups is 2.